The summed E-state index contributed by atoms with van der Waals surface area (Å²) in [6, 6.07) is 6.69. The standard InChI is InChI=1S/C16H22N2O2S/c1-11-4-6-15(8-12(11)2)18-21(19,20)16-7-5-14(10-17)13(3)9-16/h5,7,9,11-12,15,18H,4,6,8H2,1-3H3. The molecule has 3 unspecified atom stereocenters. The van der Waals surface area contributed by atoms with Crippen molar-refractivity contribution in [2.24, 2.45) is 11.8 Å². The molecule has 4 nitrogen and oxygen atoms in total. The van der Waals surface area contributed by atoms with E-state index in [1.54, 1.807) is 19.1 Å². The van der Waals surface area contributed by atoms with Gasteiger partial charge in [0.05, 0.1) is 16.5 Å². The van der Waals surface area contributed by atoms with Crippen LogP contribution in [-0.4, -0.2) is 14.5 Å². The van der Waals surface area contributed by atoms with E-state index in [2.05, 4.69) is 24.6 Å². The first-order valence-corrected chi connectivity index (χ1v) is 8.85. The van der Waals surface area contributed by atoms with Crippen molar-refractivity contribution in [1.29, 1.82) is 5.26 Å². The first-order chi connectivity index (χ1) is 9.83. The van der Waals surface area contributed by atoms with E-state index >= 15 is 0 Å². The molecule has 0 heterocycles. The third-order valence-corrected chi connectivity index (χ3v) is 6.07. The van der Waals surface area contributed by atoms with E-state index in [0.29, 0.717) is 23.0 Å². The molecule has 0 aliphatic heterocycles. The van der Waals surface area contributed by atoms with Gasteiger partial charge >= 0.3 is 0 Å². The van der Waals surface area contributed by atoms with E-state index in [0.717, 1.165) is 19.3 Å². The number of benzene rings is 1. The van der Waals surface area contributed by atoms with Crippen molar-refractivity contribution < 1.29 is 8.42 Å². The van der Waals surface area contributed by atoms with Crippen molar-refractivity contribution in [1.82, 2.24) is 4.72 Å². The fourth-order valence-corrected chi connectivity index (χ4v) is 4.24. The molecule has 1 aromatic rings. The number of sulfonamides is 1. The summed E-state index contributed by atoms with van der Waals surface area (Å²) in [6.07, 6.45) is 2.83. The van der Waals surface area contributed by atoms with E-state index in [1.165, 1.54) is 6.07 Å². The Morgan fingerprint density at radius 3 is 2.52 bits per heavy atom. The molecule has 21 heavy (non-hydrogen) atoms. The molecule has 0 amide bonds. The Balaban J connectivity index is 2.16. The molecule has 3 atom stereocenters. The van der Waals surface area contributed by atoms with Gasteiger partial charge in [0, 0.05) is 6.04 Å². The van der Waals surface area contributed by atoms with Gasteiger partial charge in [-0.2, -0.15) is 5.26 Å². The number of nitrogens with one attached hydrogen (secondary N) is 1. The fraction of sp³-hybridized carbons (Fsp3) is 0.562. The molecule has 0 bridgehead atoms. The van der Waals surface area contributed by atoms with Crippen LogP contribution in [0, 0.1) is 30.1 Å². The summed E-state index contributed by atoms with van der Waals surface area (Å²) in [5, 5.41) is 8.91. The third kappa shape index (κ3) is 3.63. The molecule has 0 spiro atoms. The highest BCUT2D eigenvalue weighted by molar-refractivity contribution is 7.89. The molecular weight excluding hydrogens is 284 g/mol. The lowest BCUT2D eigenvalue weighted by atomic mass is 9.79. The van der Waals surface area contributed by atoms with Crippen LogP contribution in [0.25, 0.3) is 0 Å². The van der Waals surface area contributed by atoms with Crippen molar-refractivity contribution in [2.45, 2.75) is 51.0 Å². The summed E-state index contributed by atoms with van der Waals surface area (Å²) >= 11 is 0. The van der Waals surface area contributed by atoms with Gasteiger partial charge in [-0.25, -0.2) is 13.1 Å². The predicted octanol–water partition coefficient (Wildman–Crippen LogP) is 2.97. The summed E-state index contributed by atoms with van der Waals surface area (Å²) in [5.74, 6) is 1.19. The van der Waals surface area contributed by atoms with Gasteiger partial charge in [0.25, 0.3) is 0 Å². The number of hydrogen-bond acceptors (Lipinski definition) is 3. The van der Waals surface area contributed by atoms with Gasteiger partial charge < -0.3 is 0 Å². The number of hydrogen-bond donors (Lipinski definition) is 1. The molecule has 1 aliphatic carbocycles. The van der Waals surface area contributed by atoms with Crippen LogP contribution in [0.15, 0.2) is 23.1 Å². The summed E-state index contributed by atoms with van der Waals surface area (Å²) in [7, 11) is -3.51. The molecule has 0 saturated heterocycles. The largest absolute Gasteiger partial charge is 0.240 e. The maximum atomic E-state index is 12.4. The monoisotopic (exact) mass is 306 g/mol. The lowest BCUT2D eigenvalue weighted by Gasteiger charge is -2.32. The normalized spacial score (nSPS) is 26.3. The molecule has 2 rings (SSSR count). The molecule has 5 heteroatoms. The summed E-state index contributed by atoms with van der Waals surface area (Å²) in [4.78, 5) is 0.241. The molecule has 114 valence electrons. The predicted molar refractivity (Wildman–Crippen MR) is 82.2 cm³/mol. The average molecular weight is 306 g/mol. The molecular formula is C16H22N2O2S. The number of rotatable bonds is 3. The molecule has 0 radical (unpaired) electrons. The smallest absolute Gasteiger partial charge is 0.208 e. The van der Waals surface area contributed by atoms with Crippen molar-refractivity contribution in [3.8, 4) is 6.07 Å². The van der Waals surface area contributed by atoms with Crippen LogP contribution in [0.5, 0.6) is 0 Å². The number of aryl methyl sites for hydroxylation is 1. The van der Waals surface area contributed by atoms with E-state index < -0.39 is 10.0 Å². The molecule has 1 aliphatic rings. The van der Waals surface area contributed by atoms with Gasteiger partial charge in [-0.1, -0.05) is 13.8 Å². The summed E-state index contributed by atoms with van der Waals surface area (Å²) < 4.78 is 27.7. The van der Waals surface area contributed by atoms with Gasteiger partial charge in [-0.3, -0.25) is 0 Å². The zero-order valence-electron chi connectivity index (χ0n) is 12.8. The van der Waals surface area contributed by atoms with Crippen LogP contribution in [0.2, 0.25) is 0 Å². The Hall–Kier alpha value is -1.38. The summed E-state index contributed by atoms with van der Waals surface area (Å²) in [6.45, 7) is 6.15. The van der Waals surface area contributed by atoms with Crippen LogP contribution in [0.3, 0.4) is 0 Å². The maximum absolute atomic E-state index is 12.4. The summed E-state index contributed by atoms with van der Waals surface area (Å²) in [5.41, 5.74) is 1.19. The quantitative estimate of drug-likeness (QED) is 0.933. The van der Waals surface area contributed by atoms with E-state index in [-0.39, 0.29) is 10.9 Å². The topological polar surface area (TPSA) is 70.0 Å². The van der Waals surface area contributed by atoms with Crippen molar-refractivity contribution in [3.05, 3.63) is 29.3 Å². The molecule has 1 saturated carbocycles. The molecule has 0 aromatic heterocycles. The van der Waals surface area contributed by atoms with Crippen LogP contribution < -0.4 is 4.72 Å². The van der Waals surface area contributed by atoms with E-state index in [4.69, 9.17) is 5.26 Å². The van der Waals surface area contributed by atoms with Crippen molar-refractivity contribution in [2.75, 3.05) is 0 Å². The fourth-order valence-electron chi connectivity index (χ4n) is 2.87. The van der Waals surface area contributed by atoms with E-state index in [1.807, 2.05) is 0 Å². The van der Waals surface area contributed by atoms with Gasteiger partial charge in [0.2, 0.25) is 10.0 Å². The van der Waals surface area contributed by atoms with Gasteiger partial charge in [-0.15, -0.1) is 0 Å². The lowest BCUT2D eigenvalue weighted by molar-refractivity contribution is 0.242. The number of nitriles is 1. The Labute approximate surface area is 127 Å². The third-order valence-electron chi connectivity index (χ3n) is 4.55. The Bertz CT molecular complexity index is 661. The Morgan fingerprint density at radius 1 is 1.24 bits per heavy atom. The van der Waals surface area contributed by atoms with Crippen LogP contribution in [0.1, 0.15) is 44.2 Å². The van der Waals surface area contributed by atoms with Crippen LogP contribution in [0.4, 0.5) is 0 Å². The molecule has 1 fully saturated rings. The highest BCUT2D eigenvalue weighted by atomic mass is 32.2. The Morgan fingerprint density at radius 2 is 1.95 bits per heavy atom. The Kier molecular flexibility index (Phi) is 4.70. The SMILES string of the molecule is Cc1cc(S(=O)(=O)NC2CCC(C)C(C)C2)ccc1C#N. The first-order valence-electron chi connectivity index (χ1n) is 7.36. The number of nitrogens with zero attached hydrogens (tertiary/aromatic N) is 1. The molecule has 1 N–H and O–H groups in total. The van der Waals surface area contributed by atoms with Gasteiger partial charge in [0.1, 0.15) is 0 Å². The minimum atomic E-state index is -3.51. The second-order valence-corrected chi connectivity index (χ2v) is 7.89. The second-order valence-electron chi connectivity index (χ2n) is 6.17. The highest BCUT2D eigenvalue weighted by Gasteiger charge is 2.28. The van der Waals surface area contributed by atoms with Gasteiger partial charge in [0.15, 0.2) is 0 Å². The first kappa shape index (κ1) is 16.0. The van der Waals surface area contributed by atoms with Crippen molar-refractivity contribution >= 4 is 10.0 Å². The van der Waals surface area contributed by atoms with Crippen LogP contribution in [-0.2, 0) is 10.0 Å². The van der Waals surface area contributed by atoms with Crippen LogP contribution >= 0.6 is 0 Å². The van der Waals surface area contributed by atoms with E-state index in [9.17, 15) is 8.42 Å². The zero-order valence-corrected chi connectivity index (χ0v) is 13.6. The lowest BCUT2D eigenvalue weighted by Crippen LogP contribution is -2.39. The minimum absolute atomic E-state index is 0.0112. The maximum Gasteiger partial charge on any atom is 0.240 e. The van der Waals surface area contributed by atoms with Crippen molar-refractivity contribution in [3.63, 3.8) is 0 Å². The zero-order chi connectivity index (χ0) is 15.6. The van der Waals surface area contributed by atoms with Gasteiger partial charge in [-0.05, 0) is 61.8 Å². The highest BCUT2D eigenvalue weighted by Crippen LogP contribution is 2.30. The average Bonchev–Trinajstić information content (AvgIpc) is 2.42. The second kappa shape index (κ2) is 6.17. The minimum Gasteiger partial charge on any atom is -0.208 e. The molecule has 1 aromatic carbocycles.